The fraction of sp³-hybridized carbons (Fsp3) is 0.409. The van der Waals surface area contributed by atoms with Gasteiger partial charge in [0.2, 0.25) is 0 Å². The first-order chi connectivity index (χ1) is 11.3. The predicted octanol–water partition coefficient (Wildman–Crippen LogP) is 5.73. The minimum atomic E-state index is -0.266. The van der Waals surface area contributed by atoms with E-state index in [0.717, 1.165) is 24.0 Å². The van der Waals surface area contributed by atoms with Gasteiger partial charge in [-0.05, 0) is 55.7 Å². The summed E-state index contributed by atoms with van der Waals surface area (Å²) in [7, 11) is 0. The Morgan fingerprint density at radius 1 is 1.33 bits per heavy atom. The maximum Gasteiger partial charge on any atom is 0.338 e. The second-order valence-corrected chi connectivity index (χ2v) is 7.27. The lowest BCUT2D eigenvalue weighted by molar-refractivity contribution is 0.0256. The van der Waals surface area contributed by atoms with E-state index in [1.54, 1.807) is 12.1 Å². The third kappa shape index (κ3) is 3.53. The molecule has 1 aromatic rings. The Balaban J connectivity index is 2.35. The van der Waals surface area contributed by atoms with Crippen LogP contribution in [0.4, 0.5) is 0 Å². The van der Waals surface area contributed by atoms with Crippen LogP contribution < -0.4 is 0 Å². The van der Waals surface area contributed by atoms with Crippen LogP contribution in [0.5, 0.6) is 0 Å². The highest BCUT2D eigenvalue weighted by Crippen LogP contribution is 2.49. The number of rotatable bonds is 5. The minimum absolute atomic E-state index is 0.000237. The Labute approximate surface area is 145 Å². The van der Waals surface area contributed by atoms with Gasteiger partial charge in [0.05, 0.1) is 5.56 Å². The summed E-state index contributed by atoms with van der Waals surface area (Å²) in [5.74, 6) is 0.0165. The quantitative estimate of drug-likeness (QED) is 0.511. The van der Waals surface area contributed by atoms with E-state index in [1.165, 1.54) is 5.57 Å². The van der Waals surface area contributed by atoms with Crippen molar-refractivity contribution in [2.45, 2.75) is 46.6 Å². The van der Waals surface area contributed by atoms with E-state index in [2.05, 4.69) is 40.9 Å². The number of hydrogen-bond donors (Lipinski definition) is 0. The van der Waals surface area contributed by atoms with Crippen LogP contribution in [-0.4, -0.2) is 12.1 Å². The highest BCUT2D eigenvalue weighted by molar-refractivity contribution is 5.89. The Kier molecular flexibility index (Phi) is 5.48. The van der Waals surface area contributed by atoms with E-state index < -0.39 is 0 Å². The molecule has 2 nitrogen and oxygen atoms in total. The normalized spacial score (nSPS) is 22.8. The highest BCUT2D eigenvalue weighted by Gasteiger charge is 2.42. The van der Waals surface area contributed by atoms with Crippen molar-refractivity contribution >= 4 is 5.97 Å². The molecule has 1 aliphatic rings. The third-order valence-corrected chi connectivity index (χ3v) is 5.26. The highest BCUT2D eigenvalue weighted by atomic mass is 16.5. The molecule has 2 atom stereocenters. The van der Waals surface area contributed by atoms with E-state index >= 15 is 0 Å². The maximum atomic E-state index is 12.5. The molecule has 0 N–H and O–H groups in total. The van der Waals surface area contributed by atoms with Crippen LogP contribution in [0.1, 0.15) is 50.9 Å². The van der Waals surface area contributed by atoms with Crippen LogP contribution in [-0.2, 0) is 4.74 Å². The average Bonchev–Trinajstić information content (AvgIpc) is 2.54. The third-order valence-electron chi connectivity index (χ3n) is 5.26. The van der Waals surface area contributed by atoms with Crippen LogP contribution in [0.2, 0.25) is 0 Å². The standard InChI is InChI=1S/C22H28O2/c1-7-11-18-16(4)20(14-19(15(2)3)22(18,5)6)24-21(23)17-12-9-8-10-13-17/h7-10,12-13,19-20H,1-2,11,14H2,3-6H3/t19-,20-/m0/s1. The fourth-order valence-corrected chi connectivity index (χ4v) is 3.89. The molecule has 1 aliphatic carbocycles. The molecule has 0 fully saturated rings. The van der Waals surface area contributed by atoms with Crippen LogP contribution in [0.3, 0.4) is 0 Å². The molecule has 1 aromatic carbocycles. The second-order valence-electron chi connectivity index (χ2n) is 7.27. The van der Waals surface area contributed by atoms with Gasteiger partial charge in [0, 0.05) is 0 Å². The molecule has 0 aliphatic heterocycles. The molecule has 0 amide bonds. The zero-order valence-corrected chi connectivity index (χ0v) is 15.3. The summed E-state index contributed by atoms with van der Waals surface area (Å²) in [6.07, 6.45) is 3.31. The lowest BCUT2D eigenvalue weighted by atomic mass is 9.62. The maximum absolute atomic E-state index is 12.5. The van der Waals surface area contributed by atoms with Gasteiger partial charge in [0.25, 0.3) is 0 Å². The van der Waals surface area contributed by atoms with Crippen molar-refractivity contribution in [1.82, 2.24) is 0 Å². The fourth-order valence-electron chi connectivity index (χ4n) is 3.89. The van der Waals surface area contributed by atoms with Crippen molar-refractivity contribution in [3.05, 3.63) is 71.8 Å². The van der Waals surface area contributed by atoms with Crippen LogP contribution >= 0.6 is 0 Å². The van der Waals surface area contributed by atoms with Crippen molar-refractivity contribution < 1.29 is 9.53 Å². The molecule has 2 heteroatoms. The predicted molar refractivity (Wildman–Crippen MR) is 99.9 cm³/mol. The number of esters is 1. The Hall–Kier alpha value is -2.09. The zero-order valence-electron chi connectivity index (χ0n) is 15.3. The zero-order chi connectivity index (χ0) is 17.9. The average molecular weight is 324 g/mol. The SMILES string of the molecule is C=CCC1=C(C)[C@@H](OC(=O)c2ccccc2)C[C@@H](C(=C)C)C1(C)C. The second kappa shape index (κ2) is 7.21. The summed E-state index contributed by atoms with van der Waals surface area (Å²) in [5, 5.41) is 0. The monoisotopic (exact) mass is 324 g/mol. The van der Waals surface area contributed by atoms with E-state index in [1.807, 2.05) is 24.3 Å². The van der Waals surface area contributed by atoms with Gasteiger partial charge in [0.1, 0.15) is 6.10 Å². The summed E-state index contributed by atoms with van der Waals surface area (Å²) in [6, 6.07) is 9.17. The molecule has 0 bridgehead atoms. The molecular formula is C22H28O2. The summed E-state index contributed by atoms with van der Waals surface area (Å²) in [5.41, 5.74) is 4.19. The molecule has 0 radical (unpaired) electrons. The van der Waals surface area contributed by atoms with E-state index in [-0.39, 0.29) is 23.4 Å². The first-order valence-electron chi connectivity index (χ1n) is 8.51. The first-order valence-corrected chi connectivity index (χ1v) is 8.51. The molecule has 128 valence electrons. The molecule has 0 saturated carbocycles. The van der Waals surface area contributed by atoms with Gasteiger partial charge in [-0.3, -0.25) is 0 Å². The Morgan fingerprint density at radius 2 is 1.96 bits per heavy atom. The molecule has 0 spiro atoms. The van der Waals surface area contributed by atoms with Crippen molar-refractivity contribution in [2.75, 3.05) is 0 Å². The van der Waals surface area contributed by atoms with Crippen molar-refractivity contribution in [3.63, 3.8) is 0 Å². The number of allylic oxidation sites excluding steroid dienone is 3. The molecular weight excluding hydrogens is 296 g/mol. The van der Waals surface area contributed by atoms with Crippen LogP contribution in [0.15, 0.2) is 66.3 Å². The topological polar surface area (TPSA) is 26.3 Å². The lowest BCUT2D eigenvalue weighted by Gasteiger charge is -2.45. The number of carbonyl (C=O) groups is 1. The Bertz CT molecular complexity index is 664. The van der Waals surface area contributed by atoms with E-state index in [4.69, 9.17) is 4.74 Å². The number of carbonyl (C=O) groups excluding carboxylic acids is 1. The van der Waals surface area contributed by atoms with E-state index in [9.17, 15) is 4.79 Å². The molecule has 0 saturated heterocycles. The summed E-state index contributed by atoms with van der Waals surface area (Å²) < 4.78 is 5.87. The van der Waals surface area contributed by atoms with Gasteiger partial charge in [-0.1, -0.05) is 55.8 Å². The molecule has 0 aromatic heterocycles. The lowest BCUT2D eigenvalue weighted by Crippen LogP contribution is -2.39. The molecule has 24 heavy (non-hydrogen) atoms. The number of ether oxygens (including phenoxy) is 1. The number of benzene rings is 1. The minimum Gasteiger partial charge on any atom is -0.454 e. The number of hydrogen-bond acceptors (Lipinski definition) is 2. The smallest absolute Gasteiger partial charge is 0.338 e. The van der Waals surface area contributed by atoms with E-state index in [0.29, 0.717) is 5.56 Å². The van der Waals surface area contributed by atoms with Gasteiger partial charge < -0.3 is 4.74 Å². The van der Waals surface area contributed by atoms with Crippen molar-refractivity contribution in [1.29, 1.82) is 0 Å². The van der Waals surface area contributed by atoms with Gasteiger partial charge in [-0.15, -0.1) is 6.58 Å². The summed E-state index contributed by atoms with van der Waals surface area (Å²) in [6.45, 7) is 16.7. The van der Waals surface area contributed by atoms with Gasteiger partial charge >= 0.3 is 5.97 Å². The molecule has 2 rings (SSSR count). The first kappa shape index (κ1) is 18.3. The largest absolute Gasteiger partial charge is 0.454 e. The van der Waals surface area contributed by atoms with Gasteiger partial charge in [0.15, 0.2) is 0 Å². The van der Waals surface area contributed by atoms with Crippen LogP contribution in [0, 0.1) is 11.3 Å². The Morgan fingerprint density at radius 3 is 2.50 bits per heavy atom. The van der Waals surface area contributed by atoms with Gasteiger partial charge in [-0.2, -0.15) is 0 Å². The molecule has 0 heterocycles. The molecule has 0 unspecified atom stereocenters. The van der Waals surface area contributed by atoms with Crippen molar-refractivity contribution in [3.8, 4) is 0 Å². The van der Waals surface area contributed by atoms with Crippen LogP contribution in [0.25, 0.3) is 0 Å². The summed E-state index contributed by atoms with van der Waals surface area (Å²) >= 11 is 0. The van der Waals surface area contributed by atoms with Gasteiger partial charge in [-0.25, -0.2) is 4.79 Å². The van der Waals surface area contributed by atoms with Crippen molar-refractivity contribution in [2.24, 2.45) is 11.3 Å². The summed E-state index contributed by atoms with van der Waals surface area (Å²) in [4.78, 5) is 12.5.